The third kappa shape index (κ3) is 4.75. The number of carbonyl (C=O) groups excluding carboxylic acids is 1. The number of thiazole rings is 1. The van der Waals surface area contributed by atoms with Crippen LogP contribution in [-0.4, -0.2) is 35.2 Å². The molecule has 0 radical (unpaired) electrons. The monoisotopic (exact) mass is 459 g/mol. The fourth-order valence-electron chi connectivity index (χ4n) is 3.23. The highest BCUT2D eigenvalue weighted by molar-refractivity contribution is 7.16. The Labute approximate surface area is 189 Å². The molecule has 1 heterocycles. The summed E-state index contributed by atoms with van der Waals surface area (Å²) in [5.41, 5.74) is 0.950. The Morgan fingerprint density at radius 2 is 1.66 bits per heavy atom. The van der Waals surface area contributed by atoms with Crippen molar-refractivity contribution in [2.24, 2.45) is 4.99 Å². The lowest BCUT2D eigenvalue weighted by Crippen LogP contribution is -2.16. The Bertz CT molecular complexity index is 1190. The molecule has 1 amide bonds. The highest BCUT2D eigenvalue weighted by atomic mass is 32.1. The van der Waals surface area contributed by atoms with Crippen LogP contribution in [0.25, 0.3) is 10.2 Å². The van der Waals surface area contributed by atoms with E-state index < -0.39 is 10.8 Å². The molecule has 0 saturated carbocycles. The van der Waals surface area contributed by atoms with Crippen molar-refractivity contribution in [1.82, 2.24) is 4.57 Å². The third-order valence-electron chi connectivity index (χ3n) is 4.55. The summed E-state index contributed by atoms with van der Waals surface area (Å²) >= 11 is 1.30. The topological polar surface area (TPSA) is 105 Å². The maximum Gasteiger partial charge on any atom is 0.279 e. The van der Waals surface area contributed by atoms with Crippen molar-refractivity contribution in [2.45, 2.75) is 34.2 Å². The van der Waals surface area contributed by atoms with Gasteiger partial charge in [-0.2, -0.15) is 4.99 Å². The zero-order chi connectivity index (χ0) is 23.3. The van der Waals surface area contributed by atoms with Crippen LogP contribution in [0, 0.1) is 10.1 Å². The van der Waals surface area contributed by atoms with E-state index in [-0.39, 0.29) is 5.69 Å². The molecular formula is C22H25N3O6S. The molecule has 0 spiro atoms. The number of rotatable bonds is 9. The van der Waals surface area contributed by atoms with Crippen LogP contribution >= 0.6 is 11.3 Å². The molecule has 2 aromatic carbocycles. The van der Waals surface area contributed by atoms with Crippen LogP contribution in [0.3, 0.4) is 0 Å². The fraction of sp³-hybridized carbons (Fsp3) is 0.364. The summed E-state index contributed by atoms with van der Waals surface area (Å²) in [5.74, 6) is 0.798. The molecular weight excluding hydrogens is 434 g/mol. The minimum Gasteiger partial charge on any atom is -0.490 e. The quantitative estimate of drug-likeness (QED) is 0.343. The van der Waals surface area contributed by atoms with Crippen molar-refractivity contribution in [1.29, 1.82) is 0 Å². The molecule has 3 aromatic rings. The van der Waals surface area contributed by atoms with E-state index in [4.69, 9.17) is 14.2 Å². The van der Waals surface area contributed by atoms with Crippen LogP contribution < -0.4 is 19.0 Å². The summed E-state index contributed by atoms with van der Waals surface area (Å²) in [5, 5.41) is 11.1. The van der Waals surface area contributed by atoms with Gasteiger partial charge in [0.05, 0.1) is 35.0 Å². The van der Waals surface area contributed by atoms with Gasteiger partial charge in [0.25, 0.3) is 11.6 Å². The van der Waals surface area contributed by atoms with Crippen LogP contribution in [0.4, 0.5) is 5.69 Å². The SMILES string of the molecule is CCOc1cc(C(=O)N=c2sc3ccc([N+](=O)[O-])cc3n2CC)cc(OCC)c1OCC. The Morgan fingerprint density at radius 1 is 1.03 bits per heavy atom. The van der Waals surface area contributed by atoms with Gasteiger partial charge in [-0.05, 0) is 45.9 Å². The number of hydrogen-bond donors (Lipinski definition) is 0. The van der Waals surface area contributed by atoms with Gasteiger partial charge in [0.2, 0.25) is 5.75 Å². The van der Waals surface area contributed by atoms with Crippen molar-refractivity contribution in [3.05, 3.63) is 50.8 Å². The van der Waals surface area contributed by atoms with E-state index in [0.717, 1.165) is 4.70 Å². The molecule has 0 aliphatic heterocycles. The van der Waals surface area contributed by atoms with Gasteiger partial charge >= 0.3 is 0 Å². The van der Waals surface area contributed by atoms with Crippen LogP contribution in [0.15, 0.2) is 35.3 Å². The highest BCUT2D eigenvalue weighted by Gasteiger charge is 2.19. The lowest BCUT2D eigenvalue weighted by atomic mass is 10.1. The molecule has 170 valence electrons. The molecule has 9 nitrogen and oxygen atoms in total. The average Bonchev–Trinajstić information content (AvgIpc) is 3.11. The molecule has 0 fully saturated rings. The average molecular weight is 460 g/mol. The highest BCUT2D eigenvalue weighted by Crippen LogP contribution is 2.39. The Balaban J connectivity index is 2.12. The van der Waals surface area contributed by atoms with Gasteiger partial charge in [-0.1, -0.05) is 11.3 Å². The normalized spacial score (nSPS) is 11.6. The van der Waals surface area contributed by atoms with E-state index in [1.165, 1.54) is 23.5 Å². The largest absolute Gasteiger partial charge is 0.490 e. The maximum absolute atomic E-state index is 13.1. The second-order valence-electron chi connectivity index (χ2n) is 6.56. The van der Waals surface area contributed by atoms with Gasteiger partial charge in [-0.3, -0.25) is 14.9 Å². The molecule has 0 aliphatic carbocycles. The number of non-ortho nitro benzene ring substituents is 1. The van der Waals surface area contributed by atoms with E-state index >= 15 is 0 Å². The molecule has 32 heavy (non-hydrogen) atoms. The predicted molar refractivity (Wildman–Crippen MR) is 122 cm³/mol. The summed E-state index contributed by atoms with van der Waals surface area (Å²) < 4.78 is 19.6. The predicted octanol–water partition coefficient (Wildman–Crippen LogP) is 4.57. The van der Waals surface area contributed by atoms with Crippen molar-refractivity contribution < 1.29 is 23.9 Å². The molecule has 0 N–H and O–H groups in total. The Morgan fingerprint density at radius 3 is 2.19 bits per heavy atom. The molecule has 0 aliphatic rings. The first kappa shape index (κ1) is 23.3. The van der Waals surface area contributed by atoms with Gasteiger partial charge in [-0.25, -0.2) is 0 Å². The summed E-state index contributed by atoms with van der Waals surface area (Å²) in [4.78, 5) is 28.6. The van der Waals surface area contributed by atoms with Crippen molar-refractivity contribution in [3.8, 4) is 17.2 Å². The van der Waals surface area contributed by atoms with Gasteiger partial charge in [0, 0.05) is 24.2 Å². The van der Waals surface area contributed by atoms with E-state index in [2.05, 4.69) is 4.99 Å². The number of fused-ring (bicyclic) bond motifs is 1. The number of nitrogens with zero attached hydrogens (tertiary/aromatic N) is 3. The van der Waals surface area contributed by atoms with Gasteiger partial charge in [0.15, 0.2) is 16.3 Å². The Kier molecular flexibility index (Phi) is 7.47. The van der Waals surface area contributed by atoms with Crippen LogP contribution in [-0.2, 0) is 6.54 Å². The zero-order valence-corrected chi connectivity index (χ0v) is 19.2. The number of amides is 1. The number of aromatic nitrogens is 1. The van der Waals surface area contributed by atoms with Gasteiger partial charge < -0.3 is 18.8 Å². The molecule has 1 aromatic heterocycles. The minimum absolute atomic E-state index is 0.00963. The minimum atomic E-state index is -0.474. The summed E-state index contributed by atoms with van der Waals surface area (Å²) in [7, 11) is 0. The molecule has 0 atom stereocenters. The van der Waals surface area contributed by atoms with Crippen molar-refractivity contribution in [2.75, 3.05) is 19.8 Å². The maximum atomic E-state index is 13.1. The third-order valence-corrected chi connectivity index (χ3v) is 5.61. The molecule has 0 saturated heterocycles. The number of carbonyl (C=O) groups is 1. The molecule has 3 rings (SSSR count). The number of ether oxygens (including phenoxy) is 3. The second-order valence-corrected chi connectivity index (χ2v) is 7.56. The van der Waals surface area contributed by atoms with E-state index in [9.17, 15) is 14.9 Å². The summed E-state index contributed by atoms with van der Waals surface area (Å²) in [6.45, 7) is 9.15. The van der Waals surface area contributed by atoms with Gasteiger partial charge in [0.1, 0.15) is 0 Å². The smallest absolute Gasteiger partial charge is 0.279 e. The number of hydrogen-bond acceptors (Lipinski definition) is 7. The lowest BCUT2D eigenvalue weighted by Gasteiger charge is -2.16. The van der Waals surface area contributed by atoms with Crippen LogP contribution in [0.2, 0.25) is 0 Å². The summed E-state index contributed by atoms with van der Waals surface area (Å²) in [6.07, 6.45) is 0. The fourth-order valence-corrected chi connectivity index (χ4v) is 4.30. The van der Waals surface area contributed by atoms with E-state index in [1.54, 1.807) is 22.8 Å². The van der Waals surface area contributed by atoms with Gasteiger partial charge in [-0.15, -0.1) is 0 Å². The molecule has 10 heteroatoms. The van der Waals surface area contributed by atoms with E-state index in [1.807, 2.05) is 27.7 Å². The number of nitro benzene ring substituents is 1. The standard InChI is InChI=1S/C22H25N3O6S/c1-5-24-16-13-15(25(27)28)9-10-19(16)32-22(24)23-21(26)14-11-17(29-6-2)20(31-8-4)18(12-14)30-7-3/h9-13H,5-8H2,1-4H3. The summed E-state index contributed by atoms with van der Waals surface area (Å²) in [6, 6.07) is 7.80. The zero-order valence-electron chi connectivity index (χ0n) is 18.4. The van der Waals surface area contributed by atoms with Crippen LogP contribution in [0.1, 0.15) is 38.1 Å². The van der Waals surface area contributed by atoms with Crippen LogP contribution in [0.5, 0.6) is 17.2 Å². The number of nitro groups is 1. The number of aryl methyl sites for hydroxylation is 1. The Hall–Kier alpha value is -3.40. The van der Waals surface area contributed by atoms with Crippen molar-refractivity contribution >= 4 is 33.1 Å². The molecule has 0 unspecified atom stereocenters. The first-order chi connectivity index (χ1) is 15.4. The lowest BCUT2D eigenvalue weighted by molar-refractivity contribution is -0.384. The number of benzene rings is 2. The van der Waals surface area contributed by atoms with E-state index in [0.29, 0.717) is 59.5 Å². The first-order valence-corrected chi connectivity index (χ1v) is 11.2. The first-order valence-electron chi connectivity index (χ1n) is 10.4. The van der Waals surface area contributed by atoms with Crippen molar-refractivity contribution in [3.63, 3.8) is 0 Å². The second kappa shape index (κ2) is 10.3. The molecule has 0 bridgehead atoms.